The highest BCUT2D eigenvalue weighted by Gasteiger charge is 2.17. The molecule has 22 heavy (non-hydrogen) atoms. The molecular weight excluding hydrogens is 302 g/mol. The van der Waals surface area contributed by atoms with Crippen molar-refractivity contribution in [2.24, 2.45) is 0 Å². The summed E-state index contributed by atoms with van der Waals surface area (Å²) in [6.07, 6.45) is 7.61. The van der Waals surface area contributed by atoms with Crippen LogP contribution >= 0.6 is 12.4 Å². The number of hydrogen-bond donors (Lipinski definition) is 1. The second-order valence-electron chi connectivity index (χ2n) is 6.07. The zero-order valence-electron chi connectivity index (χ0n) is 13.1. The number of H-pyrrole nitrogens is 1. The zero-order chi connectivity index (χ0) is 14.5. The maximum Gasteiger partial charge on any atom is 0.267 e. The van der Waals surface area contributed by atoms with Crippen molar-refractivity contribution >= 4 is 12.4 Å². The lowest BCUT2D eigenvalue weighted by molar-refractivity contribution is 0.0372. The molecule has 1 N–H and O–H groups in total. The largest absolute Gasteiger partial charge is 0.379 e. The van der Waals surface area contributed by atoms with E-state index in [-0.39, 0.29) is 18.0 Å². The van der Waals surface area contributed by atoms with Gasteiger partial charge in [-0.15, -0.1) is 12.4 Å². The van der Waals surface area contributed by atoms with Crippen LogP contribution in [0.15, 0.2) is 4.79 Å². The SMILES string of the molecule is Cl.O=c1[nH]nc(CCCCN2CCOCC2)c2c1CCCC2. The van der Waals surface area contributed by atoms with Gasteiger partial charge in [0.15, 0.2) is 0 Å². The molecule has 0 saturated carbocycles. The number of halogens is 1. The van der Waals surface area contributed by atoms with Crippen molar-refractivity contribution in [3.63, 3.8) is 0 Å². The molecule has 0 unspecified atom stereocenters. The van der Waals surface area contributed by atoms with E-state index in [1.165, 1.54) is 18.4 Å². The minimum Gasteiger partial charge on any atom is -0.379 e. The molecule has 1 aliphatic heterocycles. The van der Waals surface area contributed by atoms with Crippen LogP contribution in [0.4, 0.5) is 0 Å². The van der Waals surface area contributed by atoms with Gasteiger partial charge in [-0.05, 0) is 57.1 Å². The number of aromatic amines is 1. The Morgan fingerprint density at radius 1 is 1.09 bits per heavy atom. The van der Waals surface area contributed by atoms with Crippen LogP contribution in [0.3, 0.4) is 0 Å². The van der Waals surface area contributed by atoms with E-state index in [4.69, 9.17) is 4.74 Å². The number of morpholine rings is 1. The number of hydrogen-bond acceptors (Lipinski definition) is 4. The lowest BCUT2D eigenvalue weighted by Gasteiger charge is -2.26. The molecule has 1 fully saturated rings. The number of unbranched alkanes of at least 4 members (excludes halogenated alkanes) is 1. The van der Waals surface area contributed by atoms with Crippen molar-refractivity contribution in [2.75, 3.05) is 32.8 Å². The van der Waals surface area contributed by atoms with Gasteiger partial charge in [0.1, 0.15) is 0 Å². The minimum atomic E-state index is 0. The van der Waals surface area contributed by atoms with Crippen LogP contribution in [-0.2, 0) is 24.0 Å². The Morgan fingerprint density at radius 2 is 1.82 bits per heavy atom. The number of rotatable bonds is 5. The molecule has 1 aromatic heterocycles. The summed E-state index contributed by atoms with van der Waals surface area (Å²) in [7, 11) is 0. The van der Waals surface area contributed by atoms with Crippen molar-refractivity contribution < 1.29 is 4.74 Å². The third kappa shape index (κ3) is 4.31. The maximum absolute atomic E-state index is 11.8. The van der Waals surface area contributed by atoms with E-state index in [1.807, 2.05) is 0 Å². The highest BCUT2D eigenvalue weighted by Crippen LogP contribution is 2.21. The summed E-state index contributed by atoms with van der Waals surface area (Å²) < 4.78 is 5.36. The summed E-state index contributed by atoms with van der Waals surface area (Å²) in [5.41, 5.74) is 3.41. The fourth-order valence-corrected chi connectivity index (χ4v) is 3.39. The molecule has 1 saturated heterocycles. The fourth-order valence-electron chi connectivity index (χ4n) is 3.39. The molecule has 5 nitrogen and oxygen atoms in total. The van der Waals surface area contributed by atoms with Crippen molar-refractivity contribution in [1.29, 1.82) is 0 Å². The van der Waals surface area contributed by atoms with Crippen LogP contribution in [0, 0.1) is 0 Å². The average molecular weight is 328 g/mol. The average Bonchev–Trinajstić information content (AvgIpc) is 2.55. The lowest BCUT2D eigenvalue weighted by atomic mass is 9.90. The van der Waals surface area contributed by atoms with E-state index in [1.54, 1.807) is 0 Å². The van der Waals surface area contributed by atoms with Crippen LogP contribution < -0.4 is 5.56 Å². The Balaban J connectivity index is 0.00000176. The molecule has 0 bridgehead atoms. The fraction of sp³-hybridized carbons (Fsp3) is 0.750. The van der Waals surface area contributed by atoms with E-state index < -0.39 is 0 Å². The molecule has 124 valence electrons. The third-order valence-electron chi connectivity index (χ3n) is 4.62. The minimum absolute atomic E-state index is 0. The van der Waals surface area contributed by atoms with Crippen LogP contribution in [-0.4, -0.2) is 47.9 Å². The number of nitrogens with one attached hydrogen (secondary N) is 1. The standard InChI is InChI=1S/C16H25N3O2.ClH/c20-16-14-6-2-1-5-13(14)15(17-18-16)7-3-4-8-19-9-11-21-12-10-19;/h1-12H2,(H,18,20);1H. The van der Waals surface area contributed by atoms with E-state index in [2.05, 4.69) is 15.1 Å². The molecule has 1 aromatic rings. The number of ether oxygens (including phenoxy) is 1. The Labute approximate surface area is 137 Å². The van der Waals surface area contributed by atoms with Gasteiger partial charge >= 0.3 is 0 Å². The highest BCUT2D eigenvalue weighted by molar-refractivity contribution is 5.85. The molecule has 3 rings (SSSR count). The molecule has 2 aliphatic rings. The van der Waals surface area contributed by atoms with Gasteiger partial charge in [0.2, 0.25) is 0 Å². The summed E-state index contributed by atoms with van der Waals surface area (Å²) in [4.78, 5) is 14.3. The zero-order valence-corrected chi connectivity index (χ0v) is 13.9. The number of fused-ring (bicyclic) bond motifs is 1. The third-order valence-corrected chi connectivity index (χ3v) is 4.62. The Kier molecular flexibility index (Phi) is 6.86. The first-order valence-corrected chi connectivity index (χ1v) is 8.24. The molecule has 0 aromatic carbocycles. The molecule has 0 atom stereocenters. The van der Waals surface area contributed by atoms with Gasteiger partial charge in [-0.1, -0.05) is 0 Å². The summed E-state index contributed by atoms with van der Waals surface area (Å²) >= 11 is 0. The van der Waals surface area contributed by atoms with Crippen molar-refractivity contribution in [3.05, 3.63) is 27.2 Å². The Morgan fingerprint density at radius 3 is 2.59 bits per heavy atom. The second kappa shape index (κ2) is 8.65. The molecular formula is C16H26ClN3O2. The van der Waals surface area contributed by atoms with Gasteiger partial charge in [0, 0.05) is 18.7 Å². The summed E-state index contributed by atoms with van der Waals surface area (Å²) in [6, 6.07) is 0. The number of aryl methyl sites for hydroxylation is 1. The molecule has 0 radical (unpaired) electrons. The van der Waals surface area contributed by atoms with Gasteiger partial charge in [0.25, 0.3) is 5.56 Å². The lowest BCUT2D eigenvalue weighted by Crippen LogP contribution is -2.36. The molecule has 0 spiro atoms. The van der Waals surface area contributed by atoms with Crippen LogP contribution in [0.5, 0.6) is 0 Å². The number of aromatic nitrogens is 2. The van der Waals surface area contributed by atoms with Gasteiger partial charge in [-0.3, -0.25) is 9.69 Å². The van der Waals surface area contributed by atoms with Crippen LogP contribution in [0.2, 0.25) is 0 Å². The summed E-state index contributed by atoms with van der Waals surface area (Å²) in [5, 5.41) is 6.99. The molecule has 6 heteroatoms. The van der Waals surface area contributed by atoms with Gasteiger partial charge < -0.3 is 4.74 Å². The first-order valence-electron chi connectivity index (χ1n) is 8.24. The van der Waals surface area contributed by atoms with Crippen LogP contribution in [0.1, 0.15) is 42.5 Å². The van der Waals surface area contributed by atoms with Gasteiger partial charge in [-0.2, -0.15) is 5.10 Å². The Hall–Kier alpha value is -0.910. The van der Waals surface area contributed by atoms with E-state index in [0.29, 0.717) is 0 Å². The molecule has 0 amide bonds. The van der Waals surface area contributed by atoms with Crippen molar-refractivity contribution in [1.82, 2.24) is 15.1 Å². The maximum atomic E-state index is 11.8. The first kappa shape index (κ1) is 17.4. The first-order chi connectivity index (χ1) is 10.3. The summed E-state index contributed by atoms with van der Waals surface area (Å²) in [6.45, 7) is 5.01. The summed E-state index contributed by atoms with van der Waals surface area (Å²) in [5.74, 6) is 0. The topological polar surface area (TPSA) is 58.2 Å². The van der Waals surface area contributed by atoms with Gasteiger partial charge in [-0.25, -0.2) is 5.10 Å². The highest BCUT2D eigenvalue weighted by atomic mass is 35.5. The molecule has 1 aliphatic carbocycles. The van der Waals surface area contributed by atoms with Crippen molar-refractivity contribution in [3.8, 4) is 0 Å². The van der Waals surface area contributed by atoms with Crippen molar-refractivity contribution in [2.45, 2.75) is 44.9 Å². The van der Waals surface area contributed by atoms with E-state index in [0.717, 1.165) is 76.2 Å². The molecule has 2 heterocycles. The quantitative estimate of drug-likeness (QED) is 0.837. The van der Waals surface area contributed by atoms with Gasteiger partial charge in [0.05, 0.1) is 18.9 Å². The number of nitrogens with zero attached hydrogens (tertiary/aromatic N) is 2. The van der Waals surface area contributed by atoms with E-state index >= 15 is 0 Å². The monoisotopic (exact) mass is 327 g/mol. The van der Waals surface area contributed by atoms with E-state index in [9.17, 15) is 4.79 Å². The predicted octanol–water partition coefficient (Wildman–Crippen LogP) is 1.73. The predicted molar refractivity (Wildman–Crippen MR) is 88.9 cm³/mol. The smallest absolute Gasteiger partial charge is 0.267 e. The van der Waals surface area contributed by atoms with Crippen LogP contribution in [0.25, 0.3) is 0 Å². The Bertz CT molecular complexity index is 527. The second-order valence-corrected chi connectivity index (χ2v) is 6.07. The normalized spacial score (nSPS) is 18.5.